The zero-order chi connectivity index (χ0) is 14.5. The van der Waals surface area contributed by atoms with Gasteiger partial charge in [-0.3, -0.25) is 9.59 Å². The van der Waals surface area contributed by atoms with Crippen molar-refractivity contribution in [3.63, 3.8) is 0 Å². The second kappa shape index (κ2) is 11.8. The predicted octanol–water partition coefficient (Wildman–Crippen LogP) is 3.26. The van der Waals surface area contributed by atoms with Gasteiger partial charge in [0.25, 0.3) is 0 Å². The molecule has 0 N–H and O–H groups in total. The number of esters is 2. The Bertz CT molecular complexity index is 284. The molecule has 0 heterocycles. The van der Waals surface area contributed by atoms with Crippen molar-refractivity contribution in [1.82, 2.24) is 0 Å². The van der Waals surface area contributed by atoms with E-state index < -0.39 is 17.9 Å². The summed E-state index contributed by atoms with van der Waals surface area (Å²) in [7, 11) is 2.64. The highest BCUT2D eigenvalue weighted by Gasteiger charge is 2.19. The van der Waals surface area contributed by atoms with Gasteiger partial charge in [0.15, 0.2) is 0 Å². The van der Waals surface area contributed by atoms with Gasteiger partial charge in [-0.25, -0.2) is 0 Å². The van der Waals surface area contributed by atoms with Crippen molar-refractivity contribution in [2.45, 2.75) is 51.9 Å². The first kappa shape index (κ1) is 17.7. The molecule has 0 aliphatic heterocycles. The number of carbonyl (C=O) groups is 2. The number of hydrogen-bond acceptors (Lipinski definition) is 4. The van der Waals surface area contributed by atoms with E-state index in [1.165, 1.54) is 39.9 Å². The third kappa shape index (κ3) is 9.28. The molecule has 0 aromatic heterocycles. The number of methoxy groups -OCH3 is 2. The number of ether oxygens (including phenoxy) is 2. The van der Waals surface area contributed by atoms with Gasteiger partial charge in [0.05, 0.1) is 26.6 Å². The molecule has 0 saturated heterocycles. The highest BCUT2D eigenvalue weighted by atomic mass is 16.5. The summed E-state index contributed by atoms with van der Waals surface area (Å²) in [4.78, 5) is 22.7. The summed E-state index contributed by atoms with van der Waals surface area (Å²) in [5, 5.41) is 0. The van der Waals surface area contributed by atoms with E-state index in [1.807, 2.05) is 6.08 Å². The van der Waals surface area contributed by atoms with E-state index >= 15 is 0 Å². The molecule has 4 heteroatoms. The summed E-state index contributed by atoms with van der Waals surface area (Å²) >= 11 is 0. The van der Waals surface area contributed by atoms with E-state index in [0.717, 1.165) is 12.8 Å². The molecule has 0 aromatic rings. The molecular weight excluding hydrogens is 244 g/mol. The predicted molar refractivity (Wildman–Crippen MR) is 74.7 cm³/mol. The average Bonchev–Trinajstić information content (AvgIpc) is 2.43. The van der Waals surface area contributed by atoms with Crippen molar-refractivity contribution in [2.75, 3.05) is 14.2 Å². The molecule has 0 amide bonds. The van der Waals surface area contributed by atoms with Crippen LogP contribution in [0.2, 0.25) is 0 Å². The first-order valence-corrected chi connectivity index (χ1v) is 6.97. The lowest BCUT2D eigenvalue weighted by Gasteiger charge is -2.08. The first-order chi connectivity index (χ1) is 9.15. The minimum Gasteiger partial charge on any atom is -0.469 e. The Morgan fingerprint density at radius 2 is 1.74 bits per heavy atom. The molecule has 110 valence electrons. The van der Waals surface area contributed by atoms with Crippen LogP contribution >= 0.6 is 0 Å². The summed E-state index contributed by atoms with van der Waals surface area (Å²) in [6.07, 6.45) is 10.8. The molecule has 0 aromatic carbocycles. The van der Waals surface area contributed by atoms with Crippen LogP contribution in [0.5, 0.6) is 0 Å². The largest absolute Gasteiger partial charge is 0.469 e. The zero-order valence-electron chi connectivity index (χ0n) is 12.3. The Hall–Kier alpha value is -1.32. The third-order valence-corrected chi connectivity index (χ3v) is 2.96. The minimum absolute atomic E-state index is 0.0372. The number of hydrogen-bond donors (Lipinski definition) is 0. The van der Waals surface area contributed by atoms with E-state index in [9.17, 15) is 9.59 Å². The Morgan fingerprint density at radius 1 is 1.05 bits per heavy atom. The van der Waals surface area contributed by atoms with Crippen molar-refractivity contribution in [2.24, 2.45) is 5.92 Å². The van der Waals surface area contributed by atoms with Crippen LogP contribution in [-0.2, 0) is 19.1 Å². The molecule has 0 rings (SSSR count). The molecule has 1 unspecified atom stereocenters. The summed E-state index contributed by atoms with van der Waals surface area (Å²) in [5.74, 6) is -1.33. The number of rotatable bonds is 10. The van der Waals surface area contributed by atoms with E-state index in [4.69, 9.17) is 0 Å². The lowest BCUT2D eigenvalue weighted by atomic mass is 10.0. The van der Waals surface area contributed by atoms with Crippen LogP contribution in [0.25, 0.3) is 0 Å². The molecule has 0 aliphatic rings. The molecule has 0 radical (unpaired) electrons. The minimum atomic E-state index is -0.534. The van der Waals surface area contributed by atoms with Crippen molar-refractivity contribution in [1.29, 1.82) is 0 Å². The lowest BCUT2D eigenvalue weighted by Crippen LogP contribution is -2.18. The monoisotopic (exact) mass is 270 g/mol. The van der Waals surface area contributed by atoms with Crippen molar-refractivity contribution >= 4 is 11.9 Å². The Labute approximate surface area is 116 Å². The lowest BCUT2D eigenvalue weighted by molar-refractivity contribution is -0.150. The number of allylic oxidation sites excluding steroid dienone is 1. The van der Waals surface area contributed by atoms with E-state index in [2.05, 4.69) is 16.4 Å². The Balaban J connectivity index is 4.03. The van der Waals surface area contributed by atoms with Gasteiger partial charge in [-0.05, 0) is 12.8 Å². The summed E-state index contributed by atoms with van der Waals surface area (Å²) < 4.78 is 9.24. The van der Waals surface area contributed by atoms with E-state index in [-0.39, 0.29) is 6.42 Å². The normalized spacial score (nSPS) is 12.4. The summed E-state index contributed by atoms with van der Waals surface area (Å²) in [6.45, 7) is 2.19. The van der Waals surface area contributed by atoms with Crippen LogP contribution in [0, 0.1) is 5.92 Å². The van der Waals surface area contributed by atoms with Crippen LogP contribution in [0.1, 0.15) is 51.9 Å². The maximum atomic E-state index is 11.5. The standard InChI is InChI=1S/C15H26O4/c1-4-5-6-7-8-9-10-11-13(15(17)19-3)12-14(16)18-2/h10-11,13H,4-9,12H2,1-3H3/b11-10+. The fourth-order valence-electron chi connectivity index (χ4n) is 1.77. The van der Waals surface area contributed by atoms with Gasteiger partial charge in [-0.15, -0.1) is 0 Å². The fraction of sp³-hybridized carbons (Fsp3) is 0.733. The topological polar surface area (TPSA) is 52.6 Å². The highest BCUT2D eigenvalue weighted by Crippen LogP contribution is 2.11. The van der Waals surface area contributed by atoms with Crippen LogP contribution in [0.15, 0.2) is 12.2 Å². The molecule has 0 saturated carbocycles. The molecule has 0 aliphatic carbocycles. The van der Waals surface area contributed by atoms with Gasteiger partial charge in [-0.2, -0.15) is 0 Å². The van der Waals surface area contributed by atoms with Gasteiger partial charge in [0, 0.05) is 0 Å². The van der Waals surface area contributed by atoms with Crippen molar-refractivity contribution in [3.05, 3.63) is 12.2 Å². The highest BCUT2D eigenvalue weighted by molar-refractivity contribution is 5.81. The van der Waals surface area contributed by atoms with E-state index in [1.54, 1.807) is 6.08 Å². The zero-order valence-corrected chi connectivity index (χ0v) is 12.3. The van der Waals surface area contributed by atoms with Crippen molar-refractivity contribution < 1.29 is 19.1 Å². The fourth-order valence-corrected chi connectivity index (χ4v) is 1.77. The maximum absolute atomic E-state index is 11.5. The number of carbonyl (C=O) groups excluding carboxylic acids is 2. The second-order valence-corrected chi connectivity index (χ2v) is 4.54. The van der Waals surface area contributed by atoms with Crippen molar-refractivity contribution in [3.8, 4) is 0 Å². The van der Waals surface area contributed by atoms with Crippen LogP contribution < -0.4 is 0 Å². The molecule has 1 atom stereocenters. The molecule has 0 bridgehead atoms. The van der Waals surface area contributed by atoms with Gasteiger partial charge >= 0.3 is 11.9 Å². The summed E-state index contributed by atoms with van der Waals surface area (Å²) in [5.41, 5.74) is 0. The second-order valence-electron chi connectivity index (χ2n) is 4.54. The molecule has 0 spiro atoms. The van der Waals surface area contributed by atoms with Gasteiger partial charge in [0.2, 0.25) is 0 Å². The Morgan fingerprint density at radius 3 is 2.32 bits per heavy atom. The maximum Gasteiger partial charge on any atom is 0.313 e. The number of unbranched alkanes of at least 4 members (excludes halogenated alkanes) is 5. The Kier molecular flexibility index (Phi) is 10.9. The van der Waals surface area contributed by atoms with Gasteiger partial charge in [0.1, 0.15) is 0 Å². The smallest absolute Gasteiger partial charge is 0.313 e. The van der Waals surface area contributed by atoms with Gasteiger partial charge < -0.3 is 9.47 Å². The first-order valence-electron chi connectivity index (χ1n) is 6.97. The molecule has 4 nitrogen and oxygen atoms in total. The summed E-state index contributed by atoms with van der Waals surface area (Å²) in [6, 6.07) is 0. The van der Waals surface area contributed by atoms with Gasteiger partial charge in [-0.1, -0.05) is 44.8 Å². The molecule has 19 heavy (non-hydrogen) atoms. The molecule has 0 fully saturated rings. The SMILES string of the molecule is CCCCCCC/C=C/C(CC(=O)OC)C(=O)OC. The van der Waals surface area contributed by atoms with Crippen LogP contribution in [0.4, 0.5) is 0 Å². The average molecular weight is 270 g/mol. The quantitative estimate of drug-likeness (QED) is 0.347. The third-order valence-electron chi connectivity index (χ3n) is 2.96. The molecular formula is C15H26O4. The van der Waals surface area contributed by atoms with Crippen LogP contribution in [-0.4, -0.2) is 26.2 Å². The van der Waals surface area contributed by atoms with Crippen LogP contribution in [0.3, 0.4) is 0 Å². The van der Waals surface area contributed by atoms with E-state index in [0.29, 0.717) is 0 Å².